The third kappa shape index (κ3) is 40.3. The van der Waals surface area contributed by atoms with Crippen LogP contribution >= 0.6 is 94.1 Å². The molecule has 30 heterocycles. The Morgan fingerprint density at radius 1 is 0.199 bits per heavy atom. The molecule has 742 valence electrons. The second kappa shape index (κ2) is 68.4. The molecule has 0 unspecified atom stereocenters. The smallest absolute Gasteiger partial charge is 0.550 e. The first-order chi connectivity index (χ1) is 61.3. The number of hydrogen-bond donors (Lipinski definition) is 16. The molecule has 30 rings (SSSR count). The summed E-state index contributed by atoms with van der Waals surface area (Å²) in [5.74, 6) is -16.3. The van der Waals surface area contributed by atoms with Crippen LogP contribution in [0.3, 0.4) is 0 Å². The maximum atomic E-state index is 12.4. The third-order valence-electron chi connectivity index (χ3n) is 21.5. The van der Waals surface area contributed by atoms with Crippen LogP contribution in [0.1, 0.15) is 51.4 Å². The number of rotatable bonds is 40. The fraction of sp³-hybridized carbons (Fsp3) is 0.890. The monoisotopic (exact) mass is 2170 g/mol. The zero-order chi connectivity index (χ0) is 94.4. The quantitative estimate of drug-likeness (QED) is 0.0154. The van der Waals surface area contributed by atoms with E-state index in [-0.39, 0.29) is 265 Å². The number of aliphatic carboxylic acids is 7. The van der Waals surface area contributed by atoms with Gasteiger partial charge in [-0.05, 0) is 85.2 Å². The van der Waals surface area contributed by atoms with Crippen LogP contribution in [0, 0.1) is 0 Å². The number of methoxy groups -OCH3 is 1. The molecule has 0 amide bonds. The Morgan fingerprint density at radius 2 is 0.309 bits per heavy atom. The number of carboxylic acid groups (broad SMARTS) is 7. The number of carboxylic acids is 7. The number of ether oxygens (including phenoxy) is 17. The molecule has 40 atom stereocenters. The molecular formula is C73H107Na7O48S8. The SMILES string of the molecule is COC(=O)CCSC[C@H]1O[C@@H]2O[C@H]3[C@H](O)[C@@H](O)[C@@H](O[C@H]4[C@H](O)[C@@H](O)[C@@H](O[C@H]5[C@H](O)[C@@H](O)[C@@H](O[C@H]6[C@H](O)[C@@H](O)[C@@H](O[C@H]7[C@H](O)[C@@H](O)[C@@H](O[C@H]8[C@H](O)[C@@H](O)[C@@H](O[C@H]9[C@H](O)[C@@H](O)[C@@H](O[C@H]1[C@H](O)[C@H]2O)O[C@@H]9CSCCC(=O)[O-])O[C@@H]8CSCCC(=O)[O-])O[C@@H]7CSCCC(=O)[O-])O[C@@H]6CSCCC(=O)[O-])O[C@@H]5CSCCC(=O)[O-])O[C@@H]4CSCCC(=O)[O-])O[C@@H]3CSCCC(=O)[O-].[Na+].[Na+].[Na+].[Na+].[Na+].[Na+].[Na+]. The van der Waals surface area contributed by atoms with Crippen LogP contribution in [-0.4, -0.2) is 474 Å². The van der Waals surface area contributed by atoms with Gasteiger partial charge in [0.05, 0.1) is 62.4 Å². The van der Waals surface area contributed by atoms with Gasteiger partial charge in [0.1, 0.15) is 146 Å². The van der Waals surface area contributed by atoms with E-state index in [1.807, 2.05) is 0 Å². The normalized spacial score (nSPS) is 39.1. The van der Waals surface area contributed by atoms with Gasteiger partial charge in [0.15, 0.2) is 50.3 Å². The number of thioether (sulfide) groups is 8. The van der Waals surface area contributed by atoms with Crippen molar-refractivity contribution in [2.75, 3.05) is 99.2 Å². The predicted octanol–water partition coefficient (Wildman–Crippen LogP) is -37.9. The molecule has 0 radical (unpaired) electrons. The van der Waals surface area contributed by atoms with Gasteiger partial charge in [-0.2, -0.15) is 94.1 Å². The van der Waals surface area contributed by atoms with E-state index in [9.17, 15) is 156 Å². The van der Waals surface area contributed by atoms with Gasteiger partial charge in [-0.15, -0.1) is 0 Å². The van der Waals surface area contributed by atoms with E-state index in [0.29, 0.717) is 0 Å². The molecule has 136 heavy (non-hydrogen) atoms. The number of carbonyl (C=O) groups excluding carboxylic acids is 8. The average Bonchev–Trinajstić information content (AvgIpc) is 0.768. The molecule has 16 bridgehead atoms. The Morgan fingerprint density at radius 3 is 0.412 bits per heavy atom. The maximum absolute atomic E-state index is 12.4. The topological polar surface area (TPSA) is 779 Å². The second-order valence-corrected chi connectivity index (χ2v) is 40.0. The van der Waals surface area contributed by atoms with Crippen molar-refractivity contribution in [3.63, 3.8) is 0 Å². The van der Waals surface area contributed by atoms with E-state index in [1.165, 1.54) is 0 Å². The summed E-state index contributed by atoms with van der Waals surface area (Å²) in [6, 6.07) is 0. The van der Waals surface area contributed by atoms with Crippen LogP contribution in [0.5, 0.6) is 0 Å². The van der Waals surface area contributed by atoms with Crippen molar-refractivity contribution in [3.05, 3.63) is 0 Å². The molecule has 0 aromatic rings. The molecule has 30 fully saturated rings. The Labute approximate surface area is 968 Å². The van der Waals surface area contributed by atoms with Crippen LogP contribution in [0.2, 0.25) is 0 Å². The van der Waals surface area contributed by atoms with Gasteiger partial charge in [-0.1, -0.05) is 0 Å². The number of hydrogen-bond acceptors (Lipinski definition) is 56. The largest absolute Gasteiger partial charge is 1.00 e. The number of esters is 1. The molecule has 16 N–H and O–H groups in total. The van der Waals surface area contributed by atoms with Gasteiger partial charge in [0.25, 0.3) is 0 Å². The summed E-state index contributed by atoms with van der Waals surface area (Å²) < 4.78 is 105. The van der Waals surface area contributed by atoms with Crippen LogP contribution in [0.15, 0.2) is 0 Å². The predicted molar refractivity (Wildman–Crippen MR) is 427 cm³/mol. The summed E-state index contributed by atoms with van der Waals surface area (Å²) in [6.45, 7) is 0. The molecule has 30 aliphatic rings. The maximum Gasteiger partial charge on any atom is 1.00 e. The minimum Gasteiger partial charge on any atom is -0.550 e. The van der Waals surface area contributed by atoms with Crippen molar-refractivity contribution < 1.29 is 443 Å². The number of aliphatic hydroxyl groups is 16. The molecular weight excluding hydrogens is 2060 g/mol. The minimum atomic E-state index is -2.36. The molecule has 30 saturated heterocycles. The zero-order valence-electron chi connectivity index (χ0n) is 75.5. The van der Waals surface area contributed by atoms with E-state index in [0.717, 1.165) is 101 Å². The fourth-order valence-electron chi connectivity index (χ4n) is 14.7. The van der Waals surface area contributed by atoms with Gasteiger partial charge in [0.2, 0.25) is 0 Å². The summed E-state index contributed by atoms with van der Waals surface area (Å²) in [7, 11) is 1.11. The molecule has 30 aliphatic heterocycles. The molecule has 0 saturated carbocycles. The molecule has 0 aliphatic carbocycles. The zero-order valence-corrected chi connectivity index (χ0v) is 96.1. The van der Waals surface area contributed by atoms with Gasteiger partial charge in [-0.25, -0.2) is 0 Å². The molecule has 63 heteroatoms. The van der Waals surface area contributed by atoms with Crippen LogP contribution in [0.4, 0.5) is 0 Å². The van der Waals surface area contributed by atoms with Crippen molar-refractivity contribution in [1.29, 1.82) is 0 Å². The van der Waals surface area contributed by atoms with Crippen molar-refractivity contribution in [3.8, 4) is 0 Å². The Kier molecular flexibility index (Phi) is 68.6. The second-order valence-electron chi connectivity index (χ2n) is 30.8. The molecule has 48 nitrogen and oxygen atoms in total. The fourth-order valence-corrected chi connectivity index (χ4v) is 22.6. The minimum absolute atomic E-state index is 0. The Hall–Kier alpha value is 4.28. The van der Waals surface area contributed by atoms with E-state index >= 15 is 0 Å². The summed E-state index contributed by atoms with van der Waals surface area (Å²) >= 11 is 6.76. The Balaban J connectivity index is 0.00000894. The standard InChI is InChI=1S/C73H114O48S8.7Na/c1-105-41(88)9-17-129-25-33-65-49(96)57(104)73(113-33)120-64-32(24-128-16-8-40(86)87)111-71(55(102)47(64)94)118-62-30(22-126-14-6-38(82)83)109-69(53(100)45(62)92)116-60-28(20-124-12-4-36(78)79)107-67(51(98)43(60)90)114-58-26(18-122-10-2-34(74)75)106-66(50(97)42(58)89)115-59-27(19-123-11-3-35(76)77)108-68(52(99)44(59)91)117-61-29(21-125-13-5-37(80)81)110-70(54(101)46(61)93)119-63-31(23-127-15-7-39(84)85)112-72(121-65)56(103)48(63)95;;;;;;;/h26-33,42-73,89-104H,2-25H2,1H3,(H,74,75)(H,76,77)(H,78,79)(H,80,81)(H,82,83)(H,84,85)(H,86,87);;;;;;;/q;7*+1/p-7/t26-,27-,28-,29-,30-,31-,32-,33-,42-,43-,44-,45-,46-,47-,48-,49-,50-,51-,52-,53-,54-,55-,56-,57-,58-,59-,60-,61-,62-,63-,64-,65-,66-,67-,68-,69-,70-,71-,72-,73-;;;;;;;/m1......./s1. The van der Waals surface area contributed by atoms with Gasteiger partial charge in [-0.3, -0.25) is 4.79 Å². The number of carbonyl (C=O) groups is 8. The average molecular weight is 2170 g/mol. The van der Waals surface area contributed by atoms with E-state index in [4.69, 9.17) is 80.5 Å². The molecule has 0 spiro atoms. The van der Waals surface area contributed by atoms with Crippen molar-refractivity contribution in [1.82, 2.24) is 0 Å². The van der Waals surface area contributed by atoms with Crippen molar-refractivity contribution in [2.45, 2.75) is 297 Å². The number of aliphatic hydroxyl groups excluding tert-OH is 16. The van der Waals surface area contributed by atoms with Gasteiger partial charge in [0, 0.05) is 93.6 Å². The van der Waals surface area contributed by atoms with Crippen molar-refractivity contribution >= 4 is 142 Å². The summed E-state index contributed by atoms with van der Waals surface area (Å²) in [5, 5.41) is 277. The van der Waals surface area contributed by atoms with Crippen LogP contribution in [0.25, 0.3) is 0 Å². The van der Waals surface area contributed by atoms with Gasteiger partial charge >= 0.3 is 213 Å². The first-order valence-corrected chi connectivity index (χ1v) is 50.0. The van der Waals surface area contributed by atoms with Crippen molar-refractivity contribution in [2.24, 2.45) is 0 Å². The van der Waals surface area contributed by atoms with E-state index in [2.05, 4.69) is 0 Å². The summed E-state index contributed by atoms with van der Waals surface area (Å²) in [6.07, 6.45) is -87.6. The Bertz CT molecular complexity index is 3270. The third-order valence-corrected chi connectivity index (χ3v) is 30.0. The molecule has 0 aromatic heterocycles. The first kappa shape index (κ1) is 136. The van der Waals surface area contributed by atoms with Crippen LogP contribution < -0.4 is 243 Å². The van der Waals surface area contributed by atoms with E-state index < -0.39 is 379 Å². The van der Waals surface area contributed by atoms with E-state index in [1.54, 1.807) is 0 Å². The summed E-state index contributed by atoms with van der Waals surface area (Å²) in [4.78, 5) is 94.1. The van der Waals surface area contributed by atoms with Gasteiger partial charge < -0.3 is 232 Å². The first-order valence-electron chi connectivity index (χ1n) is 40.7. The summed E-state index contributed by atoms with van der Waals surface area (Å²) in [5.41, 5.74) is 0. The molecule has 0 aromatic carbocycles. The van der Waals surface area contributed by atoms with Crippen LogP contribution in [-0.2, 0) is 119 Å².